The molecule has 0 atom stereocenters. The monoisotopic (exact) mass is 261 g/mol. The van der Waals surface area contributed by atoms with E-state index in [1.165, 1.54) is 48.8 Å². The first-order chi connectivity index (χ1) is 9.20. The van der Waals surface area contributed by atoms with Gasteiger partial charge in [-0.3, -0.25) is 0 Å². The lowest BCUT2D eigenvalue weighted by atomic mass is 10.0. The fraction of sp³-hybridized carbons (Fsp3) is 0.647. The fourth-order valence-electron chi connectivity index (χ4n) is 3.24. The van der Waals surface area contributed by atoms with Crippen LogP contribution >= 0.6 is 0 Å². The summed E-state index contributed by atoms with van der Waals surface area (Å²) in [4.78, 5) is 0. The summed E-state index contributed by atoms with van der Waals surface area (Å²) < 4.78 is 5.54. The highest BCUT2D eigenvalue weighted by Gasteiger charge is 2.13. The number of nitrogens with one attached hydrogen (secondary N) is 1. The van der Waals surface area contributed by atoms with Gasteiger partial charge in [-0.1, -0.05) is 30.5 Å². The Hall–Kier alpha value is -1.02. The summed E-state index contributed by atoms with van der Waals surface area (Å²) in [6.07, 6.45) is 7.84. The molecule has 1 aliphatic rings. The zero-order valence-corrected chi connectivity index (χ0v) is 12.6. The molecule has 0 aliphatic heterocycles. The number of ether oxygens (including phenoxy) is 1. The number of hydrogen-bond donors (Lipinski definition) is 1. The van der Waals surface area contributed by atoms with E-state index >= 15 is 0 Å². The van der Waals surface area contributed by atoms with Crippen molar-refractivity contribution in [3.63, 3.8) is 0 Å². The van der Waals surface area contributed by atoms with Gasteiger partial charge in [-0.05, 0) is 57.2 Å². The van der Waals surface area contributed by atoms with E-state index in [0.29, 0.717) is 0 Å². The van der Waals surface area contributed by atoms with Gasteiger partial charge in [-0.2, -0.15) is 0 Å². The Balaban J connectivity index is 1.84. The minimum Gasteiger partial charge on any atom is -0.496 e. The van der Waals surface area contributed by atoms with E-state index in [1.54, 1.807) is 7.11 Å². The second-order valence-corrected chi connectivity index (χ2v) is 5.81. The topological polar surface area (TPSA) is 21.3 Å². The van der Waals surface area contributed by atoms with Gasteiger partial charge in [0.2, 0.25) is 0 Å². The molecule has 0 radical (unpaired) electrons. The maximum absolute atomic E-state index is 5.54. The smallest absolute Gasteiger partial charge is 0.124 e. The van der Waals surface area contributed by atoms with Crippen molar-refractivity contribution in [3.05, 3.63) is 28.8 Å². The molecule has 2 nitrogen and oxygen atoms in total. The summed E-state index contributed by atoms with van der Waals surface area (Å²) >= 11 is 0. The first-order valence-corrected chi connectivity index (χ1v) is 7.58. The van der Waals surface area contributed by atoms with E-state index < -0.39 is 0 Å². The van der Waals surface area contributed by atoms with Crippen LogP contribution in [-0.4, -0.2) is 19.7 Å². The van der Waals surface area contributed by atoms with E-state index in [-0.39, 0.29) is 0 Å². The van der Waals surface area contributed by atoms with Crippen LogP contribution in [0.1, 0.15) is 48.8 Å². The van der Waals surface area contributed by atoms with Gasteiger partial charge in [0.15, 0.2) is 0 Å². The van der Waals surface area contributed by atoms with Crippen LogP contribution in [0.4, 0.5) is 0 Å². The normalized spacial score (nSPS) is 15.9. The first kappa shape index (κ1) is 14.4. The molecule has 0 saturated heterocycles. The van der Waals surface area contributed by atoms with Gasteiger partial charge in [-0.25, -0.2) is 0 Å². The van der Waals surface area contributed by atoms with E-state index in [9.17, 15) is 0 Å². The second kappa shape index (κ2) is 6.95. The van der Waals surface area contributed by atoms with Crippen molar-refractivity contribution in [1.29, 1.82) is 0 Å². The summed E-state index contributed by atoms with van der Waals surface area (Å²) in [6.45, 7) is 5.42. The van der Waals surface area contributed by atoms with Crippen LogP contribution in [-0.2, 0) is 6.42 Å². The average Bonchev–Trinajstić information content (AvgIpc) is 2.87. The van der Waals surface area contributed by atoms with Crippen LogP contribution in [0.5, 0.6) is 5.75 Å². The maximum Gasteiger partial charge on any atom is 0.124 e. The Labute approximate surface area is 117 Å². The number of methoxy groups -OCH3 is 1. The first-order valence-electron chi connectivity index (χ1n) is 7.58. The summed E-state index contributed by atoms with van der Waals surface area (Å²) in [5.41, 5.74) is 3.94. The Kier molecular flexibility index (Phi) is 5.26. The van der Waals surface area contributed by atoms with E-state index in [1.807, 2.05) is 0 Å². The highest BCUT2D eigenvalue weighted by molar-refractivity contribution is 5.43. The quantitative estimate of drug-likeness (QED) is 0.787. The molecule has 0 unspecified atom stereocenters. The van der Waals surface area contributed by atoms with Crippen LogP contribution in [0.15, 0.2) is 12.1 Å². The van der Waals surface area contributed by atoms with Crippen molar-refractivity contribution in [2.24, 2.45) is 0 Å². The van der Waals surface area contributed by atoms with Crippen LogP contribution < -0.4 is 10.1 Å². The lowest BCUT2D eigenvalue weighted by Gasteiger charge is -2.14. The van der Waals surface area contributed by atoms with Gasteiger partial charge in [0.05, 0.1) is 7.11 Å². The lowest BCUT2D eigenvalue weighted by Crippen LogP contribution is -2.27. The molecule has 2 rings (SSSR count). The van der Waals surface area contributed by atoms with Crippen molar-refractivity contribution < 1.29 is 4.74 Å². The van der Waals surface area contributed by atoms with Crippen molar-refractivity contribution >= 4 is 0 Å². The van der Waals surface area contributed by atoms with Crippen LogP contribution in [0.25, 0.3) is 0 Å². The Bertz CT molecular complexity index is 408. The zero-order chi connectivity index (χ0) is 13.7. The van der Waals surface area contributed by atoms with Gasteiger partial charge < -0.3 is 10.1 Å². The molecule has 0 spiro atoms. The molecule has 1 saturated carbocycles. The van der Waals surface area contributed by atoms with Crippen LogP contribution in [0, 0.1) is 13.8 Å². The van der Waals surface area contributed by atoms with Gasteiger partial charge in [0.25, 0.3) is 0 Å². The maximum atomic E-state index is 5.54. The molecule has 106 valence electrons. The van der Waals surface area contributed by atoms with Gasteiger partial charge >= 0.3 is 0 Å². The fourth-order valence-corrected chi connectivity index (χ4v) is 3.24. The Morgan fingerprint density at radius 1 is 1.21 bits per heavy atom. The number of benzene rings is 1. The molecule has 0 bridgehead atoms. The summed E-state index contributed by atoms with van der Waals surface area (Å²) in [7, 11) is 1.78. The molecule has 0 amide bonds. The predicted molar refractivity (Wildman–Crippen MR) is 81.0 cm³/mol. The molecule has 1 N–H and O–H groups in total. The third kappa shape index (κ3) is 3.97. The molecule has 0 heterocycles. The van der Waals surface area contributed by atoms with E-state index in [4.69, 9.17) is 4.74 Å². The molecule has 1 aromatic rings. The summed E-state index contributed by atoms with van der Waals surface area (Å²) in [5.74, 6) is 1.08. The molecule has 1 aromatic carbocycles. The van der Waals surface area contributed by atoms with Crippen molar-refractivity contribution in [3.8, 4) is 5.75 Å². The highest BCUT2D eigenvalue weighted by Crippen LogP contribution is 2.26. The minimum atomic E-state index is 0.779. The standard InChI is InChI=1S/C17H27NO/c1-13-11-14(2)17(19-3)15(12-13)7-6-10-18-16-8-4-5-9-16/h11-12,16,18H,4-10H2,1-3H3. The summed E-state index contributed by atoms with van der Waals surface area (Å²) in [5, 5.41) is 3.68. The van der Waals surface area contributed by atoms with Crippen LogP contribution in [0.2, 0.25) is 0 Å². The number of hydrogen-bond acceptors (Lipinski definition) is 2. The molecule has 1 fully saturated rings. The zero-order valence-electron chi connectivity index (χ0n) is 12.6. The van der Waals surface area contributed by atoms with Gasteiger partial charge in [-0.15, -0.1) is 0 Å². The average molecular weight is 261 g/mol. The van der Waals surface area contributed by atoms with Gasteiger partial charge in [0.1, 0.15) is 5.75 Å². The third-order valence-electron chi connectivity index (χ3n) is 4.11. The van der Waals surface area contributed by atoms with E-state index in [2.05, 4.69) is 31.3 Å². The minimum absolute atomic E-state index is 0.779. The largest absolute Gasteiger partial charge is 0.496 e. The third-order valence-corrected chi connectivity index (χ3v) is 4.11. The summed E-state index contributed by atoms with van der Waals surface area (Å²) in [6, 6.07) is 5.24. The molecular formula is C17H27NO. The number of aryl methyl sites for hydroxylation is 3. The van der Waals surface area contributed by atoms with Crippen molar-refractivity contribution in [1.82, 2.24) is 5.32 Å². The Morgan fingerprint density at radius 2 is 1.95 bits per heavy atom. The SMILES string of the molecule is COc1c(C)cc(C)cc1CCCNC1CCCC1. The molecular weight excluding hydrogens is 234 g/mol. The van der Waals surface area contributed by atoms with Crippen molar-refractivity contribution in [2.45, 2.75) is 58.4 Å². The predicted octanol–water partition coefficient (Wildman–Crippen LogP) is 3.78. The molecule has 0 aromatic heterocycles. The lowest BCUT2D eigenvalue weighted by molar-refractivity contribution is 0.405. The highest BCUT2D eigenvalue weighted by atomic mass is 16.5. The van der Waals surface area contributed by atoms with Gasteiger partial charge in [0, 0.05) is 6.04 Å². The molecule has 2 heteroatoms. The van der Waals surface area contributed by atoms with E-state index in [0.717, 1.165) is 24.8 Å². The second-order valence-electron chi connectivity index (χ2n) is 5.81. The molecule has 19 heavy (non-hydrogen) atoms. The van der Waals surface area contributed by atoms with Crippen molar-refractivity contribution in [2.75, 3.05) is 13.7 Å². The Morgan fingerprint density at radius 3 is 2.63 bits per heavy atom. The van der Waals surface area contributed by atoms with Crippen LogP contribution in [0.3, 0.4) is 0 Å². The number of rotatable bonds is 6. The molecule has 1 aliphatic carbocycles.